The molecule has 1 atom stereocenters. The van der Waals surface area contributed by atoms with Gasteiger partial charge >= 0.3 is 0 Å². The van der Waals surface area contributed by atoms with E-state index >= 15 is 0 Å². The summed E-state index contributed by atoms with van der Waals surface area (Å²) in [6, 6.07) is 18.6. The molecule has 0 aliphatic carbocycles. The first kappa shape index (κ1) is 17.9. The summed E-state index contributed by atoms with van der Waals surface area (Å²) < 4.78 is 11.8. The summed E-state index contributed by atoms with van der Waals surface area (Å²) in [5.41, 5.74) is 3.44. The Kier molecular flexibility index (Phi) is 5.61. The Hall–Kier alpha value is -2.50. The Bertz CT molecular complexity index is 840. The van der Waals surface area contributed by atoms with Crippen LogP contribution < -0.4 is 0 Å². The standard InChI is InChI=1S/C22H25N3O2/c1-17-9-11-19(12-10-17)22-24-23-21(27-22)16-25(15-20-8-5-13-26-20)14-18-6-3-2-4-7-18/h2-4,6-7,9-12,20H,5,8,13-16H2,1H3. The Morgan fingerprint density at radius 1 is 1.00 bits per heavy atom. The molecule has 2 aromatic carbocycles. The second kappa shape index (κ2) is 8.46. The van der Waals surface area contributed by atoms with Crippen LogP contribution in [0, 0.1) is 6.92 Å². The van der Waals surface area contributed by atoms with E-state index in [1.807, 2.05) is 18.2 Å². The van der Waals surface area contributed by atoms with Crippen molar-refractivity contribution in [3.8, 4) is 11.5 Å². The molecule has 1 aliphatic rings. The van der Waals surface area contributed by atoms with Gasteiger partial charge in [-0.15, -0.1) is 10.2 Å². The van der Waals surface area contributed by atoms with Gasteiger partial charge in [0.15, 0.2) is 0 Å². The van der Waals surface area contributed by atoms with E-state index in [0.29, 0.717) is 18.3 Å². The predicted octanol–water partition coefficient (Wildman–Crippen LogP) is 4.23. The van der Waals surface area contributed by atoms with Crippen LogP contribution in [0.3, 0.4) is 0 Å². The molecule has 1 saturated heterocycles. The fraction of sp³-hybridized carbons (Fsp3) is 0.364. The molecular formula is C22H25N3O2. The van der Waals surface area contributed by atoms with E-state index in [-0.39, 0.29) is 6.10 Å². The second-order valence-corrected chi connectivity index (χ2v) is 7.16. The number of hydrogen-bond donors (Lipinski definition) is 0. The third kappa shape index (κ3) is 4.81. The minimum absolute atomic E-state index is 0.285. The molecule has 1 aliphatic heterocycles. The largest absolute Gasteiger partial charge is 0.419 e. The minimum Gasteiger partial charge on any atom is -0.419 e. The van der Waals surface area contributed by atoms with Crippen molar-refractivity contribution in [2.45, 2.75) is 39.0 Å². The normalized spacial score (nSPS) is 16.9. The van der Waals surface area contributed by atoms with Gasteiger partial charge in [-0.2, -0.15) is 0 Å². The smallest absolute Gasteiger partial charge is 0.247 e. The van der Waals surface area contributed by atoms with Crippen molar-refractivity contribution in [2.24, 2.45) is 0 Å². The average molecular weight is 363 g/mol. The number of hydrogen-bond acceptors (Lipinski definition) is 5. The number of benzene rings is 2. The highest BCUT2D eigenvalue weighted by molar-refractivity contribution is 5.52. The van der Waals surface area contributed by atoms with E-state index in [0.717, 1.165) is 38.1 Å². The summed E-state index contributed by atoms with van der Waals surface area (Å²) in [6.07, 6.45) is 2.54. The lowest BCUT2D eigenvalue weighted by Crippen LogP contribution is -2.31. The van der Waals surface area contributed by atoms with Crippen LogP contribution in [0.4, 0.5) is 0 Å². The molecule has 0 spiro atoms. The molecule has 0 bridgehead atoms. The van der Waals surface area contributed by atoms with Crippen molar-refractivity contribution < 1.29 is 9.15 Å². The molecule has 0 N–H and O–H groups in total. The van der Waals surface area contributed by atoms with Crippen molar-refractivity contribution >= 4 is 0 Å². The maximum absolute atomic E-state index is 5.94. The topological polar surface area (TPSA) is 51.4 Å². The summed E-state index contributed by atoms with van der Waals surface area (Å²) in [6.45, 7) is 5.26. The quantitative estimate of drug-likeness (QED) is 0.629. The van der Waals surface area contributed by atoms with Gasteiger partial charge < -0.3 is 9.15 Å². The fourth-order valence-electron chi connectivity index (χ4n) is 3.42. The summed E-state index contributed by atoms with van der Waals surface area (Å²) in [5, 5.41) is 8.51. The van der Waals surface area contributed by atoms with Crippen LogP contribution in [0.5, 0.6) is 0 Å². The molecule has 1 unspecified atom stereocenters. The molecule has 0 saturated carbocycles. The molecule has 0 amide bonds. The summed E-state index contributed by atoms with van der Waals surface area (Å²) >= 11 is 0. The molecule has 27 heavy (non-hydrogen) atoms. The lowest BCUT2D eigenvalue weighted by atomic mass is 10.1. The molecule has 1 aromatic heterocycles. The van der Waals surface area contributed by atoms with Crippen LogP contribution in [0.1, 0.15) is 29.9 Å². The summed E-state index contributed by atoms with van der Waals surface area (Å²) in [4.78, 5) is 2.33. The first-order valence-corrected chi connectivity index (χ1v) is 9.53. The van der Waals surface area contributed by atoms with Crippen LogP contribution in [-0.4, -0.2) is 34.4 Å². The lowest BCUT2D eigenvalue weighted by molar-refractivity contribution is 0.0649. The van der Waals surface area contributed by atoms with E-state index in [2.05, 4.69) is 58.4 Å². The van der Waals surface area contributed by atoms with Crippen LogP contribution in [0.2, 0.25) is 0 Å². The zero-order valence-electron chi connectivity index (χ0n) is 15.7. The van der Waals surface area contributed by atoms with Crippen molar-refractivity contribution in [3.05, 3.63) is 71.6 Å². The molecule has 5 nitrogen and oxygen atoms in total. The van der Waals surface area contributed by atoms with E-state index < -0.39 is 0 Å². The van der Waals surface area contributed by atoms with E-state index in [4.69, 9.17) is 9.15 Å². The van der Waals surface area contributed by atoms with E-state index in [9.17, 15) is 0 Å². The lowest BCUT2D eigenvalue weighted by Gasteiger charge is -2.23. The van der Waals surface area contributed by atoms with E-state index in [1.165, 1.54) is 11.1 Å². The monoisotopic (exact) mass is 363 g/mol. The molecule has 140 valence electrons. The molecule has 3 aromatic rings. The van der Waals surface area contributed by atoms with E-state index in [1.54, 1.807) is 0 Å². The second-order valence-electron chi connectivity index (χ2n) is 7.16. The van der Waals surface area contributed by atoms with Gasteiger partial charge in [-0.05, 0) is 37.5 Å². The van der Waals surface area contributed by atoms with Gasteiger partial charge in [-0.3, -0.25) is 4.90 Å². The van der Waals surface area contributed by atoms with Crippen LogP contribution in [0.15, 0.2) is 59.0 Å². The number of aryl methyl sites for hydroxylation is 1. The highest BCUT2D eigenvalue weighted by atomic mass is 16.5. The van der Waals surface area contributed by atoms with Crippen LogP contribution in [0.25, 0.3) is 11.5 Å². The molecule has 1 fully saturated rings. The van der Waals surface area contributed by atoms with Crippen molar-refractivity contribution in [1.82, 2.24) is 15.1 Å². The SMILES string of the molecule is Cc1ccc(-c2nnc(CN(Cc3ccccc3)CC3CCCO3)o2)cc1. The first-order chi connectivity index (χ1) is 13.3. The van der Waals surface area contributed by atoms with Crippen LogP contribution in [-0.2, 0) is 17.8 Å². The number of ether oxygens (including phenoxy) is 1. The predicted molar refractivity (Wildman–Crippen MR) is 104 cm³/mol. The fourth-order valence-corrected chi connectivity index (χ4v) is 3.42. The Balaban J connectivity index is 1.47. The van der Waals surface area contributed by atoms with Gasteiger partial charge in [0.2, 0.25) is 11.8 Å². The number of nitrogens with zero attached hydrogens (tertiary/aromatic N) is 3. The van der Waals surface area contributed by atoms with Gasteiger partial charge in [0.1, 0.15) is 0 Å². The Morgan fingerprint density at radius 3 is 2.56 bits per heavy atom. The van der Waals surface area contributed by atoms with Gasteiger partial charge in [0.25, 0.3) is 0 Å². The Morgan fingerprint density at radius 2 is 1.81 bits per heavy atom. The van der Waals surface area contributed by atoms with Crippen molar-refractivity contribution in [3.63, 3.8) is 0 Å². The molecule has 0 radical (unpaired) electrons. The minimum atomic E-state index is 0.285. The number of rotatable bonds is 7. The molecular weight excluding hydrogens is 338 g/mol. The first-order valence-electron chi connectivity index (χ1n) is 9.53. The average Bonchev–Trinajstić information content (AvgIpc) is 3.35. The zero-order valence-corrected chi connectivity index (χ0v) is 15.7. The van der Waals surface area contributed by atoms with Gasteiger partial charge in [-0.1, -0.05) is 48.0 Å². The van der Waals surface area contributed by atoms with Gasteiger partial charge in [0.05, 0.1) is 12.6 Å². The van der Waals surface area contributed by atoms with Crippen molar-refractivity contribution in [2.75, 3.05) is 13.2 Å². The highest BCUT2D eigenvalue weighted by Crippen LogP contribution is 2.21. The molecule has 5 heteroatoms. The van der Waals surface area contributed by atoms with Crippen molar-refractivity contribution in [1.29, 1.82) is 0 Å². The molecule has 4 rings (SSSR count). The maximum atomic E-state index is 5.94. The zero-order chi connectivity index (χ0) is 18.5. The maximum Gasteiger partial charge on any atom is 0.247 e. The van der Waals surface area contributed by atoms with Gasteiger partial charge in [0, 0.05) is 25.3 Å². The highest BCUT2D eigenvalue weighted by Gasteiger charge is 2.21. The molecule has 2 heterocycles. The summed E-state index contributed by atoms with van der Waals surface area (Å²) in [7, 11) is 0. The third-order valence-electron chi connectivity index (χ3n) is 4.86. The van der Waals surface area contributed by atoms with Crippen LogP contribution >= 0.6 is 0 Å². The third-order valence-corrected chi connectivity index (χ3v) is 4.86. The Labute approximate surface area is 160 Å². The van der Waals surface area contributed by atoms with Gasteiger partial charge in [-0.25, -0.2) is 0 Å². The number of aromatic nitrogens is 2. The summed E-state index contributed by atoms with van der Waals surface area (Å²) in [5.74, 6) is 1.21.